The Morgan fingerprint density at radius 3 is 2.76 bits per heavy atom. The van der Waals surface area contributed by atoms with E-state index in [0.717, 1.165) is 37.6 Å². The standard InChI is InChI=1S/C16H16F3N5.ClH/c1-9-8-24(5-4-20-9)15-14-12(7-21-23-14)11-6-10(16(17,18)19)2-3-13(11)22-15;/h2-3,6-7,9,20H,4-5,8H2,1H3,(H,21,23);1H. The molecule has 134 valence electrons. The Morgan fingerprint density at radius 2 is 2.04 bits per heavy atom. The highest BCUT2D eigenvalue weighted by Crippen LogP contribution is 2.35. The third-order valence-corrected chi connectivity index (χ3v) is 4.37. The van der Waals surface area contributed by atoms with E-state index in [4.69, 9.17) is 0 Å². The van der Waals surface area contributed by atoms with Crippen LogP contribution in [0.1, 0.15) is 12.5 Å². The summed E-state index contributed by atoms with van der Waals surface area (Å²) in [7, 11) is 0. The molecule has 1 aliphatic heterocycles. The molecule has 1 atom stereocenters. The number of piperazine rings is 1. The molecular weight excluding hydrogens is 355 g/mol. The second-order valence-electron chi connectivity index (χ2n) is 6.12. The zero-order chi connectivity index (χ0) is 16.9. The number of fused-ring (bicyclic) bond motifs is 3. The van der Waals surface area contributed by atoms with E-state index in [-0.39, 0.29) is 12.4 Å². The molecule has 3 aromatic rings. The van der Waals surface area contributed by atoms with E-state index in [9.17, 15) is 13.2 Å². The summed E-state index contributed by atoms with van der Waals surface area (Å²) in [5, 5.41) is 11.4. The summed E-state index contributed by atoms with van der Waals surface area (Å²) in [5.74, 6) is 0.739. The van der Waals surface area contributed by atoms with Gasteiger partial charge in [-0.1, -0.05) is 0 Å². The predicted molar refractivity (Wildman–Crippen MR) is 93.3 cm³/mol. The van der Waals surface area contributed by atoms with Gasteiger partial charge in [-0.05, 0) is 25.1 Å². The molecule has 0 radical (unpaired) electrons. The molecule has 4 rings (SSSR count). The smallest absolute Gasteiger partial charge is 0.352 e. The number of benzene rings is 1. The fourth-order valence-corrected chi connectivity index (χ4v) is 3.21. The van der Waals surface area contributed by atoms with Crippen molar-refractivity contribution in [3.8, 4) is 0 Å². The Hall–Kier alpha value is -2.06. The molecule has 0 aliphatic carbocycles. The third-order valence-electron chi connectivity index (χ3n) is 4.37. The minimum atomic E-state index is -4.38. The van der Waals surface area contributed by atoms with Gasteiger partial charge in [0.15, 0.2) is 5.82 Å². The van der Waals surface area contributed by atoms with Gasteiger partial charge in [-0.3, -0.25) is 5.10 Å². The number of hydrogen-bond donors (Lipinski definition) is 2. The van der Waals surface area contributed by atoms with Crippen molar-refractivity contribution in [2.24, 2.45) is 0 Å². The van der Waals surface area contributed by atoms with Crippen molar-refractivity contribution in [2.75, 3.05) is 24.5 Å². The van der Waals surface area contributed by atoms with Gasteiger partial charge in [-0.2, -0.15) is 18.3 Å². The van der Waals surface area contributed by atoms with E-state index < -0.39 is 11.7 Å². The van der Waals surface area contributed by atoms with Crippen LogP contribution in [0.15, 0.2) is 24.4 Å². The number of nitrogens with zero attached hydrogens (tertiary/aromatic N) is 3. The summed E-state index contributed by atoms with van der Waals surface area (Å²) in [4.78, 5) is 6.75. The molecule has 0 spiro atoms. The number of aromatic nitrogens is 3. The van der Waals surface area contributed by atoms with Crippen molar-refractivity contribution in [3.63, 3.8) is 0 Å². The number of aromatic amines is 1. The maximum absolute atomic E-state index is 13.0. The maximum atomic E-state index is 13.0. The molecule has 1 aliphatic rings. The van der Waals surface area contributed by atoms with Gasteiger partial charge in [0.25, 0.3) is 0 Å². The van der Waals surface area contributed by atoms with Crippen molar-refractivity contribution >= 4 is 40.0 Å². The zero-order valence-corrected chi connectivity index (χ0v) is 14.2. The molecule has 0 bridgehead atoms. The normalized spacial score (nSPS) is 18.6. The van der Waals surface area contributed by atoms with Crippen molar-refractivity contribution in [3.05, 3.63) is 30.0 Å². The first kappa shape index (κ1) is 17.8. The molecule has 9 heteroatoms. The number of H-pyrrole nitrogens is 1. The lowest BCUT2D eigenvalue weighted by molar-refractivity contribution is -0.137. The molecule has 1 unspecified atom stereocenters. The first-order valence-electron chi connectivity index (χ1n) is 7.76. The Balaban J connectivity index is 0.00000182. The van der Waals surface area contributed by atoms with Gasteiger partial charge in [-0.15, -0.1) is 12.4 Å². The summed E-state index contributed by atoms with van der Waals surface area (Å²) in [5.41, 5.74) is 0.539. The fourth-order valence-electron chi connectivity index (χ4n) is 3.21. The van der Waals surface area contributed by atoms with Crippen LogP contribution in [0.5, 0.6) is 0 Å². The van der Waals surface area contributed by atoms with Gasteiger partial charge in [0.05, 0.1) is 17.3 Å². The molecule has 1 aromatic carbocycles. The summed E-state index contributed by atoms with van der Waals surface area (Å²) in [6.07, 6.45) is -2.81. The minimum Gasteiger partial charge on any atom is -0.352 e. The average molecular weight is 372 g/mol. The van der Waals surface area contributed by atoms with E-state index in [1.54, 1.807) is 6.20 Å². The van der Waals surface area contributed by atoms with Crippen molar-refractivity contribution in [2.45, 2.75) is 19.1 Å². The number of alkyl halides is 3. The predicted octanol–water partition coefficient (Wildman–Crippen LogP) is 3.35. The highest BCUT2D eigenvalue weighted by atomic mass is 35.5. The maximum Gasteiger partial charge on any atom is 0.416 e. The first-order chi connectivity index (χ1) is 11.4. The summed E-state index contributed by atoms with van der Waals surface area (Å²) < 4.78 is 39.0. The average Bonchev–Trinajstić information content (AvgIpc) is 3.02. The second-order valence-corrected chi connectivity index (χ2v) is 6.12. The number of anilines is 1. The molecule has 2 N–H and O–H groups in total. The lowest BCUT2D eigenvalue weighted by Gasteiger charge is -2.33. The first-order valence-corrected chi connectivity index (χ1v) is 7.76. The van der Waals surface area contributed by atoms with Gasteiger partial charge < -0.3 is 10.2 Å². The third kappa shape index (κ3) is 3.11. The molecule has 3 heterocycles. The van der Waals surface area contributed by atoms with Crippen LogP contribution >= 0.6 is 12.4 Å². The number of halogens is 4. The Morgan fingerprint density at radius 1 is 1.24 bits per heavy atom. The molecular formula is C16H17ClF3N5. The van der Waals surface area contributed by atoms with Crippen LogP contribution in [-0.4, -0.2) is 40.9 Å². The highest BCUT2D eigenvalue weighted by molar-refractivity contribution is 6.08. The molecule has 1 fully saturated rings. The minimum absolute atomic E-state index is 0. The van der Waals surface area contributed by atoms with Crippen LogP contribution in [0.2, 0.25) is 0 Å². The Kier molecular flexibility index (Phi) is 4.51. The van der Waals surface area contributed by atoms with Crippen LogP contribution in [-0.2, 0) is 6.18 Å². The van der Waals surface area contributed by atoms with Gasteiger partial charge in [0.1, 0.15) is 5.52 Å². The number of hydrogen-bond acceptors (Lipinski definition) is 4. The van der Waals surface area contributed by atoms with Crippen molar-refractivity contribution < 1.29 is 13.2 Å². The summed E-state index contributed by atoms with van der Waals surface area (Å²) in [6.45, 7) is 4.50. The van der Waals surface area contributed by atoms with Crippen LogP contribution < -0.4 is 10.2 Å². The SMILES string of the molecule is CC1CN(c2nc3ccc(C(F)(F)F)cc3c3cn[nH]c23)CCN1.Cl. The van der Waals surface area contributed by atoms with Gasteiger partial charge in [0.2, 0.25) is 0 Å². The van der Waals surface area contributed by atoms with E-state index in [0.29, 0.717) is 27.8 Å². The van der Waals surface area contributed by atoms with E-state index >= 15 is 0 Å². The molecule has 2 aromatic heterocycles. The zero-order valence-electron chi connectivity index (χ0n) is 13.4. The molecule has 25 heavy (non-hydrogen) atoms. The largest absolute Gasteiger partial charge is 0.416 e. The van der Waals surface area contributed by atoms with E-state index in [1.165, 1.54) is 6.07 Å². The van der Waals surface area contributed by atoms with Gasteiger partial charge in [0, 0.05) is 36.4 Å². The molecule has 1 saturated heterocycles. The number of rotatable bonds is 1. The fraction of sp³-hybridized carbons (Fsp3) is 0.375. The molecule has 0 amide bonds. The number of nitrogens with one attached hydrogen (secondary N) is 2. The lowest BCUT2D eigenvalue weighted by Crippen LogP contribution is -2.49. The van der Waals surface area contributed by atoms with E-state index in [1.807, 2.05) is 0 Å². The topological polar surface area (TPSA) is 56.8 Å². The monoisotopic (exact) mass is 371 g/mol. The van der Waals surface area contributed by atoms with Crippen LogP contribution in [0.25, 0.3) is 21.8 Å². The summed E-state index contributed by atoms with van der Waals surface area (Å²) >= 11 is 0. The van der Waals surface area contributed by atoms with Crippen molar-refractivity contribution in [1.29, 1.82) is 0 Å². The van der Waals surface area contributed by atoms with Crippen LogP contribution in [0, 0.1) is 0 Å². The van der Waals surface area contributed by atoms with Crippen LogP contribution in [0.4, 0.5) is 19.0 Å². The quantitative estimate of drug-likeness (QED) is 0.688. The Labute approximate surface area is 148 Å². The molecule has 5 nitrogen and oxygen atoms in total. The lowest BCUT2D eigenvalue weighted by atomic mass is 10.1. The number of pyridine rings is 1. The van der Waals surface area contributed by atoms with Crippen LogP contribution in [0.3, 0.4) is 0 Å². The highest BCUT2D eigenvalue weighted by Gasteiger charge is 2.31. The summed E-state index contributed by atoms with van der Waals surface area (Å²) in [6, 6.07) is 3.97. The molecule has 0 saturated carbocycles. The Bertz CT molecular complexity index is 908. The van der Waals surface area contributed by atoms with E-state index in [2.05, 4.69) is 32.3 Å². The second kappa shape index (κ2) is 6.34. The van der Waals surface area contributed by atoms with Gasteiger partial charge in [-0.25, -0.2) is 4.98 Å². The van der Waals surface area contributed by atoms with Crippen molar-refractivity contribution in [1.82, 2.24) is 20.5 Å². The van der Waals surface area contributed by atoms with Gasteiger partial charge >= 0.3 is 6.18 Å².